The second kappa shape index (κ2) is 5.57. The predicted molar refractivity (Wildman–Crippen MR) is 73.8 cm³/mol. The van der Waals surface area contributed by atoms with Gasteiger partial charge in [-0.2, -0.15) is 0 Å². The standard InChI is InChI=1S/C13H17ClN2O3/c1-8-6-11(15)12(7-10(8)14)19-9-2-4-16(5-3-9)13(17)18/h6-7,9H,2-5,15H2,1H3,(H,17,18). The molecule has 6 heteroatoms. The third kappa shape index (κ3) is 3.23. The first-order valence-electron chi connectivity index (χ1n) is 6.17. The summed E-state index contributed by atoms with van der Waals surface area (Å²) in [6, 6.07) is 3.50. The summed E-state index contributed by atoms with van der Waals surface area (Å²) in [6.45, 7) is 2.85. The van der Waals surface area contributed by atoms with Crippen LogP contribution in [-0.4, -0.2) is 35.3 Å². The molecule has 0 radical (unpaired) electrons. The highest BCUT2D eigenvalue weighted by Gasteiger charge is 2.24. The van der Waals surface area contributed by atoms with Crippen molar-refractivity contribution in [2.75, 3.05) is 18.8 Å². The van der Waals surface area contributed by atoms with Crippen molar-refractivity contribution >= 4 is 23.4 Å². The quantitative estimate of drug-likeness (QED) is 0.819. The number of amides is 1. The number of hydrogen-bond acceptors (Lipinski definition) is 3. The minimum absolute atomic E-state index is 0.0170. The maximum absolute atomic E-state index is 10.8. The Morgan fingerprint density at radius 2 is 2.11 bits per heavy atom. The van der Waals surface area contributed by atoms with Crippen LogP contribution in [0, 0.1) is 6.92 Å². The van der Waals surface area contributed by atoms with Gasteiger partial charge in [0.1, 0.15) is 11.9 Å². The summed E-state index contributed by atoms with van der Waals surface area (Å²) in [4.78, 5) is 12.2. The molecular weight excluding hydrogens is 268 g/mol. The van der Waals surface area contributed by atoms with Gasteiger partial charge in [-0.1, -0.05) is 11.6 Å². The van der Waals surface area contributed by atoms with Crippen molar-refractivity contribution in [3.8, 4) is 5.75 Å². The van der Waals surface area contributed by atoms with E-state index in [9.17, 15) is 4.79 Å². The molecule has 1 saturated heterocycles. The molecule has 19 heavy (non-hydrogen) atoms. The van der Waals surface area contributed by atoms with Crippen molar-refractivity contribution in [2.45, 2.75) is 25.9 Å². The number of nitrogens with zero attached hydrogens (tertiary/aromatic N) is 1. The summed E-state index contributed by atoms with van der Waals surface area (Å²) in [7, 11) is 0. The van der Waals surface area contributed by atoms with Gasteiger partial charge in [-0.05, 0) is 18.6 Å². The van der Waals surface area contributed by atoms with E-state index in [1.807, 2.05) is 6.92 Å². The van der Waals surface area contributed by atoms with E-state index >= 15 is 0 Å². The molecule has 0 aliphatic carbocycles. The highest BCUT2D eigenvalue weighted by atomic mass is 35.5. The molecule has 3 N–H and O–H groups in total. The first kappa shape index (κ1) is 13.8. The van der Waals surface area contributed by atoms with Crippen molar-refractivity contribution in [1.29, 1.82) is 0 Å². The minimum Gasteiger partial charge on any atom is -0.488 e. The van der Waals surface area contributed by atoms with E-state index in [4.69, 9.17) is 27.2 Å². The Balaban J connectivity index is 1.99. The normalized spacial score (nSPS) is 16.4. The van der Waals surface area contributed by atoms with Gasteiger partial charge in [0.2, 0.25) is 0 Å². The topological polar surface area (TPSA) is 75.8 Å². The van der Waals surface area contributed by atoms with Crippen LogP contribution in [-0.2, 0) is 0 Å². The number of aryl methyl sites for hydroxylation is 1. The molecule has 0 spiro atoms. The summed E-state index contributed by atoms with van der Waals surface area (Å²) in [5.74, 6) is 0.573. The lowest BCUT2D eigenvalue weighted by Crippen LogP contribution is -2.41. The molecule has 1 amide bonds. The SMILES string of the molecule is Cc1cc(N)c(OC2CCN(C(=O)O)CC2)cc1Cl. The lowest BCUT2D eigenvalue weighted by Gasteiger charge is -2.30. The maximum atomic E-state index is 10.8. The minimum atomic E-state index is -0.878. The van der Waals surface area contributed by atoms with Crippen LogP contribution in [0.4, 0.5) is 10.5 Å². The zero-order chi connectivity index (χ0) is 14.0. The van der Waals surface area contributed by atoms with Crippen molar-refractivity contribution in [3.63, 3.8) is 0 Å². The largest absolute Gasteiger partial charge is 0.488 e. The average molecular weight is 285 g/mol. The van der Waals surface area contributed by atoms with Gasteiger partial charge in [0.15, 0.2) is 0 Å². The van der Waals surface area contributed by atoms with Crippen LogP contribution in [0.15, 0.2) is 12.1 Å². The molecule has 1 heterocycles. The molecule has 1 fully saturated rings. The molecule has 1 aliphatic rings. The first-order valence-corrected chi connectivity index (χ1v) is 6.55. The number of likely N-dealkylation sites (tertiary alicyclic amines) is 1. The maximum Gasteiger partial charge on any atom is 0.407 e. The zero-order valence-electron chi connectivity index (χ0n) is 10.7. The number of anilines is 1. The van der Waals surface area contributed by atoms with Gasteiger partial charge < -0.3 is 20.5 Å². The summed E-state index contributed by atoms with van der Waals surface area (Å²) < 4.78 is 5.82. The predicted octanol–water partition coefficient (Wildman–Crippen LogP) is 2.75. The molecule has 2 rings (SSSR count). The van der Waals surface area contributed by atoms with Crippen molar-refractivity contribution in [2.24, 2.45) is 0 Å². The second-order valence-corrected chi connectivity index (χ2v) is 5.13. The molecular formula is C13H17ClN2O3. The lowest BCUT2D eigenvalue weighted by atomic mass is 10.1. The molecule has 0 saturated carbocycles. The fourth-order valence-corrected chi connectivity index (χ4v) is 2.29. The fraction of sp³-hybridized carbons (Fsp3) is 0.462. The Morgan fingerprint density at radius 3 is 2.68 bits per heavy atom. The van der Waals surface area contributed by atoms with Gasteiger partial charge in [-0.15, -0.1) is 0 Å². The van der Waals surface area contributed by atoms with E-state index in [-0.39, 0.29) is 6.10 Å². The van der Waals surface area contributed by atoms with E-state index in [0.29, 0.717) is 42.4 Å². The van der Waals surface area contributed by atoms with Gasteiger partial charge in [-0.3, -0.25) is 0 Å². The molecule has 1 aliphatic heterocycles. The van der Waals surface area contributed by atoms with Gasteiger partial charge in [-0.25, -0.2) is 4.79 Å². The Hall–Kier alpha value is -1.62. The van der Waals surface area contributed by atoms with E-state index in [1.54, 1.807) is 12.1 Å². The lowest BCUT2D eigenvalue weighted by molar-refractivity contribution is 0.0898. The summed E-state index contributed by atoms with van der Waals surface area (Å²) >= 11 is 6.05. The molecule has 0 atom stereocenters. The van der Waals surface area contributed by atoms with Crippen LogP contribution in [0.1, 0.15) is 18.4 Å². The number of rotatable bonds is 2. The molecule has 5 nitrogen and oxygen atoms in total. The van der Waals surface area contributed by atoms with Crippen LogP contribution in [0.5, 0.6) is 5.75 Å². The van der Waals surface area contributed by atoms with Crippen LogP contribution in [0.25, 0.3) is 0 Å². The number of benzene rings is 1. The van der Waals surface area contributed by atoms with Gasteiger partial charge >= 0.3 is 6.09 Å². The van der Waals surface area contributed by atoms with Crippen LogP contribution in [0.2, 0.25) is 5.02 Å². The van der Waals surface area contributed by atoms with E-state index < -0.39 is 6.09 Å². The van der Waals surface area contributed by atoms with Gasteiger partial charge in [0.05, 0.1) is 5.69 Å². The summed E-state index contributed by atoms with van der Waals surface area (Å²) in [6.07, 6.45) is 0.432. The Kier molecular flexibility index (Phi) is 4.04. The summed E-state index contributed by atoms with van der Waals surface area (Å²) in [5.41, 5.74) is 7.36. The van der Waals surface area contributed by atoms with Gasteiger partial charge in [0.25, 0.3) is 0 Å². The second-order valence-electron chi connectivity index (χ2n) is 4.73. The molecule has 0 unspecified atom stereocenters. The average Bonchev–Trinajstić information content (AvgIpc) is 2.36. The van der Waals surface area contributed by atoms with Gasteiger partial charge in [0, 0.05) is 37.0 Å². The number of nitrogen functional groups attached to an aromatic ring is 1. The molecule has 1 aromatic rings. The molecule has 1 aromatic carbocycles. The van der Waals surface area contributed by atoms with E-state index in [1.165, 1.54) is 4.90 Å². The van der Waals surface area contributed by atoms with Crippen LogP contribution >= 0.6 is 11.6 Å². The number of carboxylic acid groups (broad SMARTS) is 1. The number of carbonyl (C=O) groups is 1. The Morgan fingerprint density at radius 1 is 1.47 bits per heavy atom. The van der Waals surface area contributed by atoms with Crippen LogP contribution < -0.4 is 10.5 Å². The number of ether oxygens (including phenoxy) is 1. The number of hydrogen-bond donors (Lipinski definition) is 2. The monoisotopic (exact) mass is 284 g/mol. The number of piperidine rings is 1. The first-order chi connectivity index (χ1) is 8.97. The van der Waals surface area contributed by atoms with E-state index in [0.717, 1.165) is 5.56 Å². The highest BCUT2D eigenvalue weighted by Crippen LogP contribution is 2.30. The zero-order valence-corrected chi connectivity index (χ0v) is 11.5. The van der Waals surface area contributed by atoms with Crippen LogP contribution in [0.3, 0.4) is 0 Å². The molecule has 0 bridgehead atoms. The third-order valence-electron chi connectivity index (χ3n) is 3.30. The number of halogens is 1. The molecule has 104 valence electrons. The Bertz CT molecular complexity index is 485. The molecule has 0 aromatic heterocycles. The Labute approximate surface area is 116 Å². The van der Waals surface area contributed by atoms with Crippen molar-refractivity contribution in [1.82, 2.24) is 4.90 Å². The number of nitrogens with two attached hydrogens (primary N) is 1. The fourth-order valence-electron chi connectivity index (χ4n) is 2.13. The summed E-state index contributed by atoms with van der Waals surface area (Å²) in [5, 5.41) is 9.49. The smallest absolute Gasteiger partial charge is 0.407 e. The third-order valence-corrected chi connectivity index (χ3v) is 3.70. The van der Waals surface area contributed by atoms with Crippen molar-refractivity contribution < 1.29 is 14.6 Å². The highest BCUT2D eigenvalue weighted by molar-refractivity contribution is 6.31. The van der Waals surface area contributed by atoms with E-state index in [2.05, 4.69) is 0 Å². The van der Waals surface area contributed by atoms with Crippen molar-refractivity contribution in [3.05, 3.63) is 22.7 Å².